The third-order valence-corrected chi connectivity index (χ3v) is 4.39. The molecular weight excluding hydrogens is 356 g/mol. The highest BCUT2D eigenvalue weighted by atomic mass is 32.2. The Balaban J connectivity index is 1.70. The zero-order valence-corrected chi connectivity index (χ0v) is 15.2. The number of carbonyl (C=O) groups excluding carboxylic acids is 1. The van der Waals surface area contributed by atoms with Gasteiger partial charge in [0.15, 0.2) is 0 Å². The first-order valence-electron chi connectivity index (χ1n) is 7.72. The van der Waals surface area contributed by atoms with Gasteiger partial charge in [0.2, 0.25) is 11.1 Å². The second-order valence-corrected chi connectivity index (χ2v) is 6.70. The minimum Gasteiger partial charge on any atom is -0.320 e. The van der Waals surface area contributed by atoms with Gasteiger partial charge >= 0.3 is 0 Å². The molecule has 2 aromatic heterocycles. The van der Waals surface area contributed by atoms with Gasteiger partial charge in [-0.15, -0.1) is 5.10 Å². The van der Waals surface area contributed by atoms with E-state index in [4.69, 9.17) is 0 Å². The number of hydrogen-bond acceptors (Lipinski definition) is 7. The molecule has 1 N–H and O–H groups in total. The van der Waals surface area contributed by atoms with E-state index < -0.39 is 4.92 Å². The lowest BCUT2D eigenvalue weighted by Crippen LogP contribution is -2.15. The number of thioether (sulfide) groups is 1. The summed E-state index contributed by atoms with van der Waals surface area (Å²) in [6.07, 6.45) is 0. The van der Waals surface area contributed by atoms with Crippen LogP contribution in [-0.2, 0) is 4.79 Å². The fourth-order valence-corrected chi connectivity index (χ4v) is 3.04. The number of rotatable bonds is 5. The summed E-state index contributed by atoms with van der Waals surface area (Å²) < 4.78 is 1.61. The zero-order valence-electron chi connectivity index (χ0n) is 14.4. The normalized spacial score (nSPS) is 10.9. The average molecular weight is 372 g/mol. The molecule has 0 radical (unpaired) electrons. The van der Waals surface area contributed by atoms with E-state index >= 15 is 0 Å². The Kier molecular flexibility index (Phi) is 4.85. The minimum atomic E-state index is -0.518. The van der Waals surface area contributed by atoms with Gasteiger partial charge in [0.1, 0.15) is 5.69 Å². The first-order chi connectivity index (χ1) is 12.3. The molecule has 134 valence electrons. The molecule has 0 aliphatic carbocycles. The molecule has 1 aromatic carbocycles. The monoisotopic (exact) mass is 372 g/mol. The number of carbonyl (C=O) groups is 1. The van der Waals surface area contributed by atoms with Gasteiger partial charge in [0.05, 0.1) is 10.7 Å². The number of nitrogens with zero attached hydrogens (tertiary/aromatic N) is 5. The summed E-state index contributed by atoms with van der Waals surface area (Å²) >= 11 is 1.14. The summed E-state index contributed by atoms with van der Waals surface area (Å²) in [4.78, 5) is 31.3. The Morgan fingerprint density at radius 1 is 1.27 bits per heavy atom. The predicted molar refractivity (Wildman–Crippen MR) is 97.4 cm³/mol. The van der Waals surface area contributed by atoms with Gasteiger partial charge in [0.25, 0.3) is 11.5 Å². The summed E-state index contributed by atoms with van der Waals surface area (Å²) in [5.74, 6) is 0.126. The van der Waals surface area contributed by atoms with E-state index in [2.05, 4.69) is 20.4 Å². The third kappa shape index (κ3) is 3.80. The number of amides is 1. The molecule has 0 aliphatic rings. The average Bonchev–Trinajstić information content (AvgIpc) is 2.97. The Labute approximate surface area is 153 Å². The number of fused-ring (bicyclic) bond motifs is 1. The smallest absolute Gasteiger partial charge is 0.293 e. The lowest BCUT2D eigenvalue weighted by atomic mass is 10.2. The zero-order chi connectivity index (χ0) is 18.8. The van der Waals surface area contributed by atoms with Crippen LogP contribution in [0.25, 0.3) is 5.78 Å². The van der Waals surface area contributed by atoms with E-state index in [0.717, 1.165) is 28.7 Å². The van der Waals surface area contributed by atoms with Crippen molar-refractivity contribution in [1.82, 2.24) is 19.6 Å². The van der Waals surface area contributed by atoms with Gasteiger partial charge in [-0.05, 0) is 38.5 Å². The molecule has 0 saturated carbocycles. The van der Waals surface area contributed by atoms with Gasteiger partial charge < -0.3 is 5.32 Å². The van der Waals surface area contributed by atoms with Crippen LogP contribution in [0.5, 0.6) is 0 Å². The molecule has 0 aliphatic heterocycles. The second kappa shape index (κ2) is 7.08. The highest BCUT2D eigenvalue weighted by Crippen LogP contribution is 2.25. The second-order valence-electron chi connectivity index (χ2n) is 5.76. The molecule has 26 heavy (non-hydrogen) atoms. The van der Waals surface area contributed by atoms with Gasteiger partial charge in [-0.3, -0.25) is 14.9 Å². The SMILES string of the molecule is Cc1ccc(NC(=O)CSc2nc3nc(C)cc(C)n3n2)c([N+](=O)[O-])c1. The van der Waals surface area contributed by atoms with Crippen LogP contribution < -0.4 is 5.32 Å². The van der Waals surface area contributed by atoms with E-state index in [0.29, 0.717) is 10.9 Å². The molecule has 0 unspecified atom stereocenters. The van der Waals surface area contributed by atoms with Gasteiger partial charge in [-0.1, -0.05) is 17.8 Å². The Hall–Kier alpha value is -3.01. The van der Waals surface area contributed by atoms with Crippen molar-refractivity contribution in [2.45, 2.75) is 25.9 Å². The van der Waals surface area contributed by atoms with Crippen LogP contribution in [0.4, 0.5) is 11.4 Å². The topological polar surface area (TPSA) is 115 Å². The molecule has 0 spiro atoms. The first-order valence-corrected chi connectivity index (χ1v) is 8.71. The number of nitro groups is 1. The van der Waals surface area contributed by atoms with Crippen molar-refractivity contribution >= 4 is 34.8 Å². The third-order valence-electron chi connectivity index (χ3n) is 3.56. The van der Waals surface area contributed by atoms with E-state index in [1.54, 1.807) is 17.5 Å². The maximum Gasteiger partial charge on any atom is 0.293 e. The van der Waals surface area contributed by atoms with E-state index in [1.165, 1.54) is 12.1 Å². The maximum absolute atomic E-state index is 12.1. The summed E-state index contributed by atoms with van der Waals surface area (Å²) in [7, 11) is 0. The van der Waals surface area contributed by atoms with Crippen molar-refractivity contribution in [3.63, 3.8) is 0 Å². The first kappa shape index (κ1) is 17.8. The Bertz CT molecular complexity index is 1020. The fraction of sp³-hybridized carbons (Fsp3) is 0.250. The molecule has 0 atom stereocenters. The number of anilines is 1. The number of hydrogen-bond donors (Lipinski definition) is 1. The number of aryl methyl sites for hydroxylation is 3. The standard InChI is InChI=1S/C16H16N6O3S/c1-9-4-5-12(13(6-9)22(24)25)18-14(23)8-26-16-19-15-17-10(2)7-11(3)21(15)20-16/h4-7H,8H2,1-3H3,(H,18,23). The van der Waals surface area contributed by atoms with Crippen LogP contribution in [0.3, 0.4) is 0 Å². The molecule has 0 saturated heterocycles. The minimum absolute atomic E-state index is 0.0277. The van der Waals surface area contributed by atoms with E-state index in [9.17, 15) is 14.9 Å². The Morgan fingerprint density at radius 3 is 2.77 bits per heavy atom. The largest absolute Gasteiger partial charge is 0.320 e. The quantitative estimate of drug-likeness (QED) is 0.416. The Morgan fingerprint density at radius 2 is 2.04 bits per heavy atom. The summed E-state index contributed by atoms with van der Waals surface area (Å²) in [5, 5.41) is 18.4. The molecule has 0 bridgehead atoms. The van der Waals surface area contributed by atoms with Crippen molar-refractivity contribution in [2.24, 2.45) is 0 Å². The molecule has 3 rings (SSSR count). The molecule has 1 amide bonds. The highest BCUT2D eigenvalue weighted by molar-refractivity contribution is 7.99. The summed E-state index contributed by atoms with van der Waals surface area (Å²) in [6.45, 7) is 5.52. The predicted octanol–water partition coefficient (Wildman–Crippen LogP) is 2.69. The van der Waals surface area contributed by atoms with Crippen LogP contribution in [0.1, 0.15) is 17.0 Å². The van der Waals surface area contributed by atoms with Gasteiger partial charge in [0, 0.05) is 17.5 Å². The molecule has 3 aromatic rings. The number of aromatic nitrogens is 4. The summed E-state index contributed by atoms with van der Waals surface area (Å²) in [6, 6.07) is 6.54. The van der Waals surface area contributed by atoms with E-state index in [1.807, 2.05) is 19.9 Å². The molecule has 2 heterocycles. The molecular formula is C16H16N6O3S. The van der Waals surface area contributed by atoms with Crippen molar-refractivity contribution in [3.05, 3.63) is 51.3 Å². The van der Waals surface area contributed by atoms with Crippen LogP contribution >= 0.6 is 11.8 Å². The number of nitrogens with one attached hydrogen (secondary N) is 1. The van der Waals surface area contributed by atoms with Crippen LogP contribution in [0, 0.1) is 30.9 Å². The van der Waals surface area contributed by atoms with Crippen molar-refractivity contribution in [3.8, 4) is 0 Å². The highest BCUT2D eigenvalue weighted by Gasteiger charge is 2.17. The van der Waals surface area contributed by atoms with E-state index in [-0.39, 0.29) is 23.0 Å². The van der Waals surface area contributed by atoms with Crippen LogP contribution in [-0.4, -0.2) is 36.2 Å². The summed E-state index contributed by atoms with van der Waals surface area (Å²) in [5.41, 5.74) is 2.51. The molecule has 10 heteroatoms. The lowest BCUT2D eigenvalue weighted by Gasteiger charge is -2.05. The number of nitro benzene ring substituents is 1. The molecule has 9 nitrogen and oxygen atoms in total. The van der Waals surface area contributed by atoms with Crippen LogP contribution in [0.2, 0.25) is 0 Å². The maximum atomic E-state index is 12.1. The molecule has 0 fully saturated rings. The van der Waals surface area contributed by atoms with Crippen LogP contribution in [0.15, 0.2) is 29.4 Å². The van der Waals surface area contributed by atoms with Crippen molar-refractivity contribution < 1.29 is 9.72 Å². The number of benzene rings is 1. The lowest BCUT2D eigenvalue weighted by molar-refractivity contribution is -0.384. The van der Waals surface area contributed by atoms with Gasteiger partial charge in [-0.25, -0.2) is 9.50 Å². The van der Waals surface area contributed by atoms with Gasteiger partial charge in [-0.2, -0.15) is 4.98 Å². The van der Waals surface area contributed by atoms with Crippen molar-refractivity contribution in [2.75, 3.05) is 11.1 Å². The van der Waals surface area contributed by atoms with Crippen molar-refractivity contribution in [1.29, 1.82) is 0 Å². The fourth-order valence-electron chi connectivity index (χ4n) is 2.42.